The van der Waals surface area contributed by atoms with E-state index in [1.54, 1.807) is 11.1 Å². The highest BCUT2D eigenvalue weighted by atomic mass is 15.3. The van der Waals surface area contributed by atoms with E-state index in [2.05, 4.69) is 32.7 Å². The molecule has 0 aromatic rings. The molecule has 0 aromatic carbocycles. The largest absolute Gasteiger partial charge is 0.297 e. The van der Waals surface area contributed by atoms with E-state index in [1.165, 1.54) is 13.0 Å². The maximum absolute atomic E-state index is 2.37. The molecular weight excluding hydrogens is 122 g/mol. The summed E-state index contributed by atoms with van der Waals surface area (Å²) in [6.07, 6.45) is 1.20. The van der Waals surface area contributed by atoms with Gasteiger partial charge in [0.25, 0.3) is 0 Å². The van der Waals surface area contributed by atoms with Crippen LogP contribution in [0.1, 0.15) is 27.2 Å². The van der Waals surface area contributed by atoms with E-state index in [0.717, 1.165) is 6.04 Å². The second-order valence-electron chi connectivity index (χ2n) is 3.27. The average molecular weight is 139 g/mol. The van der Waals surface area contributed by atoms with Crippen molar-refractivity contribution >= 4 is 0 Å². The Morgan fingerprint density at radius 2 is 2.00 bits per heavy atom. The van der Waals surface area contributed by atoms with Gasteiger partial charge >= 0.3 is 0 Å². The smallest absolute Gasteiger partial charge is 0.0432 e. The molecule has 0 bridgehead atoms. The number of allylic oxidation sites excluding steroid dienone is 1. The quantitative estimate of drug-likeness (QED) is 0.418. The van der Waals surface area contributed by atoms with Gasteiger partial charge in [0.2, 0.25) is 0 Å². The zero-order valence-electron chi connectivity index (χ0n) is 7.44. The van der Waals surface area contributed by atoms with Gasteiger partial charge in [0.05, 0.1) is 0 Å². The van der Waals surface area contributed by atoms with E-state index in [1.807, 2.05) is 0 Å². The van der Waals surface area contributed by atoms with E-state index >= 15 is 0 Å². The number of hydrogen-bond acceptors (Lipinski definition) is 1. The summed E-state index contributed by atoms with van der Waals surface area (Å²) in [6.45, 7) is 7.98. The van der Waals surface area contributed by atoms with Crippen molar-refractivity contribution in [2.24, 2.45) is 0 Å². The molecule has 58 valence electrons. The first-order chi connectivity index (χ1) is 4.66. The Kier molecular flexibility index (Phi) is 2.14. The molecule has 0 aliphatic carbocycles. The van der Waals surface area contributed by atoms with Crippen LogP contribution in [0.4, 0.5) is 0 Å². The van der Waals surface area contributed by atoms with Crippen LogP contribution in [0.2, 0.25) is 0 Å². The van der Waals surface area contributed by atoms with Crippen LogP contribution in [-0.2, 0) is 0 Å². The predicted octanol–water partition coefficient (Wildman–Crippen LogP) is 2.05. The van der Waals surface area contributed by atoms with Gasteiger partial charge in [-0.2, -0.15) is 0 Å². The normalized spacial score (nSPS) is 33.6. The van der Waals surface area contributed by atoms with Crippen LogP contribution in [0.3, 0.4) is 0 Å². The topological polar surface area (TPSA) is 3.01 Å². The maximum Gasteiger partial charge on any atom is 0.0432 e. The summed E-state index contributed by atoms with van der Waals surface area (Å²) in [5.74, 6) is 0. The summed E-state index contributed by atoms with van der Waals surface area (Å²) in [6, 6.07) is 0.778. The fourth-order valence-corrected chi connectivity index (χ4v) is 1.26. The standard InChI is InChI=1S/C9H17N/c1-5-7(2)8(3)9-6-10(9)4/h9H,5-6H2,1-4H3. The highest BCUT2D eigenvalue weighted by molar-refractivity contribution is 5.21. The molecular formula is C9H17N. The zero-order valence-corrected chi connectivity index (χ0v) is 7.44. The summed E-state index contributed by atoms with van der Waals surface area (Å²) in [5.41, 5.74) is 3.15. The lowest BCUT2D eigenvalue weighted by molar-refractivity contribution is 0.644. The molecule has 1 nitrogen and oxygen atoms in total. The average Bonchev–Trinajstić information content (AvgIpc) is 2.63. The molecule has 0 amide bonds. The molecule has 0 aromatic heterocycles. The molecule has 10 heavy (non-hydrogen) atoms. The number of rotatable bonds is 2. The number of nitrogens with zero attached hydrogens (tertiary/aromatic N) is 1. The van der Waals surface area contributed by atoms with E-state index in [9.17, 15) is 0 Å². The van der Waals surface area contributed by atoms with Crippen LogP contribution < -0.4 is 0 Å². The Morgan fingerprint density at radius 1 is 1.50 bits per heavy atom. The molecule has 0 radical (unpaired) electrons. The Balaban J connectivity index is 2.55. The molecule has 1 aliphatic rings. The van der Waals surface area contributed by atoms with Crippen molar-refractivity contribution in [2.75, 3.05) is 13.6 Å². The Labute approximate surface area is 63.7 Å². The van der Waals surface area contributed by atoms with Crippen molar-refractivity contribution in [2.45, 2.75) is 33.2 Å². The van der Waals surface area contributed by atoms with Gasteiger partial charge < -0.3 is 0 Å². The van der Waals surface area contributed by atoms with Crippen molar-refractivity contribution < 1.29 is 0 Å². The molecule has 1 aliphatic heterocycles. The Bertz CT molecular complexity index is 158. The summed E-state index contributed by atoms with van der Waals surface area (Å²) in [4.78, 5) is 2.37. The molecule has 0 N–H and O–H groups in total. The lowest BCUT2D eigenvalue weighted by Gasteiger charge is -2.02. The second kappa shape index (κ2) is 2.75. The zero-order chi connectivity index (χ0) is 7.72. The fraction of sp³-hybridized carbons (Fsp3) is 0.778. The third-order valence-corrected chi connectivity index (χ3v) is 2.56. The van der Waals surface area contributed by atoms with Gasteiger partial charge in [-0.05, 0) is 27.3 Å². The predicted molar refractivity (Wildman–Crippen MR) is 45.1 cm³/mol. The van der Waals surface area contributed by atoms with Crippen LogP contribution in [-0.4, -0.2) is 24.5 Å². The minimum Gasteiger partial charge on any atom is -0.297 e. The first kappa shape index (κ1) is 7.80. The van der Waals surface area contributed by atoms with Crippen molar-refractivity contribution in [3.05, 3.63) is 11.1 Å². The maximum atomic E-state index is 2.37. The van der Waals surface area contributed by atoms with Gasteiger partial charge in [0.1, 0.15) is 0 Å². The molecule has 2 atom stereocenters. The van der Waals surface area contributed by atoms with E-state index in [4.69, 9.17) is 0 Å². The van der Waals surface area contributed by atoms with Crippen LogP contribution in [0, 0.1) is 0 Å². The fourth-order valence-electron chi connectivity index (χ4n) is 1.26. The lowest BCUT2D eigenvalue weighted by atomic mass is 10.1. The monoisotopic (exact) mass is 139 g/mol. The minimum absolute atomic E-state index is 0.778. The van der Waals surface area contributed by atoms with E-state index in [0.29, 0.717) is 0 Å². The molecule has 1 saturated heterocycles. The van der Waals surface area contributed by atoms with Crippen molar-refractivity contribution in [3.63, 3.8) is 0 Å². The van der Waals surface area contributed by atoms with Crippen molar-refractivity contribution in [3.8, 4) is 0 Å². The molecule has 1 rings (SSSR count). The minimum atomic E-state index is 0.778. The van der Waals surface area contributed by atoms with Crippen molar-refractivity contribution in [1.82, 2.24) is 4.90 Å². The van der Waals surface area contributed by atoms with Gasteiger partial charge in [-0.15, -0.1) is 0 Å². The summed E-state index contributed by atoms with van der Waals surface area (Å²) >= 11 is 0. The molecule has 1 heterocycles. The van der Waals surface area contributed by atoms with Gasteiger partial charge in [0, 0.05) is 12.6 Å². The first-order valence-electron chi connectivity index (χ1n) is 4.03. The third-order valence-electron chi connectivity index (χ3n) is 2.56. The Morgan fingerprint density at radius 3 is 2.30 bits per heavy atom. The molecule has 1 fully saturated rings. The van der Waals surface area contributed by atoms with Gasteiger partial charge in [-0.1, -0.05) is 18.1 Å². The van der Waals surface area contributed by atoms with Gasteiger partial charge in [-0.3, -0.25) is 4.90 Å². The molecule has 0 saturated carbocycles. The summed E-state index contributed by atoms with van der Waals surface area (Å²) < 4.78 is 0. The summed E-state index contributed by atoms with van der Waals surface area (Å²) in [7, 11) is 2.18. The van der Waals surface area contributed by atoms with Crippen LogP contribution in [0.25, 0.3) is 0 Å². The lowest BCUT2D eigenvalue weighted by Crippen LogP contribution is -1.97. The highest BCUT2D eigenvalue weighted by Gasteiger charge is 2.31. The van der Waals surface area contributed by atoms with Crippen LogP contribution in [0.5, 0.6) is 0 Å². The third kappa shape index (κ3) is 1.40. The SMILES string of the molecule is CCC(C)=C(C)C1CN1C. The number of hydrogen-bond donors (Lipinski definition) is 0. The molecule has 0 spiro atoms. The van der Waals surface area contributed by atoms with Crippen LogP contribution >= 0.6 is 0 Å². The van der Waals surface area contributed by atoms with Gasteiger partial charge in [-0.25, -0.2) is 0 Å². The van der Waals surface area contributed by atoms with E-state index < -0.39 is 0 Å². The Hall–Kier alpha value is -0.300. The number of likely N-dealkylation sites (N-methyl/N-ethyl adjacent to an activating group) is 1. The summed E-state index contributed by atoms with van der Waals surface area (Å²) in [5, 5.41) is 0. The van der Waals surface area contributed by atoms with Crippen molar-refractivity contribution in [1.29, 1.82) is 0 Å². The second-order valence-corrected chi connectivity index (χ2v) is 3.27. The highest BCUT2D eigenvalue weighted by Crippen LogP contribution is 2.25. The first-order valence-corrected chi connectivity index (χ1v) is 4.03. The van der Waals surface area contributed by atoms with Gasteiger partial charge in [0.15, 0.2) is 0 Å². The van der Waals surface area contributed by atoms with E-state index in [-0.39, 0.29) is 0 Å². The molecule has 1 heteroatoms. The molecule has 2 unspecified atom stereocenters. The van der Waals surface area contributed by atoms with Crippen LogP contribution in [0.15, 0.2) is 11.1 Å².